The van der Waals surface area contributed by atoms with Crippen molar-refractivity contribution in [1.82, 2.24) is 9.88 Å². The van der Waals surface area contributed by atoms with Crippen LogP contribution in [0.5, 0.6) is 0 Å². The predicted octanol–water partition coefficient (Wildman–Crippen LogP) is 5.18. The van der Waals surface area contributed by atoms with Crippen molar-refractivity contribution in [1.29, 1.82) is 0 Å². The topological polar surface area (TPSA) is 53.2 Å². The second-order valence-electron chi connectivity index (χ2n) is 7.46. The Balaban J connectivity index is 1.63. The maximum Gasteiger partial charge on any atom is 0.295 e. The number of hydrogen-bond acceptors (Lipinski definition) is 2. The summed E-state index contributed by atoms with van der Waals surface area (Å²) in [5.74, 6) is -1.00. The van der Waals surface area contributed by atoms with E-state index in [1.165, 1.54) is 5.56 Å². The molecule has 0 spiro atoms. The number of hydrogen-bond donors (Lipinski definition) is 1. The number of benzene rings is 3. The number of Topliss-reactive ketones (excluding diaryl/α,β-unsaturated/α-hetero) is 1. The molecule has 0 radical (unpaired) electrons. The van der Waals surface area contributed by atoms with Crippen molar-refractivity contribution in [3.05, 3.63) is 106 Å². The van der Waals surface area contributed by atoms with Gasteiger partial charge in [0.25, 0.3) is 5.91 Å². The average molecular weight is 415 g/mol. The minimum atomic E-state index is -0.504. The van der Waals surface area contributed by atoms with Gasteiger partial charge in [-0.15, -0.1) is 0 Å². The number of rotatable bonds is 3. The molecule has 2 heterocycles. The number of nitrogens with zero attached hydrogens (tertiary/aromatic N) is 1. The summed E-state index contributed by atoms with van der Waals surface area (Å²) in [6, 6.07) is 23.9. The van der Waals surface area contributed by atoms with Crippen LogP contribution in [0, 0.1) is 0 Å². The number of carbonyl (C=O) groups excluding carboxylic acids is 2. The molecule has 30 heavy (non-hydrogen) atoms. The van der Waals surface area contributed by atoms with Crippen molar-refractivity contribution < 1.29 is 9.59 Å². The lowest BCUT2D eigenvalue weighted by Gasteiger charge is -2.36. The van der Waals surface area contributed by atoms with E-state index in [1.807, 2.05) is 42.5 Å². The fraction of sp³-hybridized carbons (Fsp3) is 0.120. The molecular weight excluding hydrogens is 396 g/mol. The third-order valence-electron chi connectivity index (χ3n) is 5.69. The van der Waals surface area contributed by atoms with Crippen LogP contribution in [0.15, 0.2) is 78.9 Å². The summed E-state index contributed by atoms with van der Waals surface area (Å²) >= 11 is 6.28. The highest BCUT2D eigenvalue weighted by molar-refractivity contribution is 6.42. The Morgan fingerprint density at radius 2 is 1.70 bits per heavy atom. The van der Waals surface area contributed by atoms with Crippen LogP contribution >= 0.6 is 11.6 Å². The smallest absolute Gasteiger partial charge is 0.295 e. The Kier molecular flexibility index (Phi) is 4.64. The van der Waals surface area contributed by atoms with Gasteiger partial charge in [0.05, 0.1) is 6.04 Å². The van der Waals surface area contributed by atoms with E-state index in [4.69, 9.17) is 11.6 Å². The molecule has 0 aliphatic carbocycles. The number of H-pyrrole nitrogens is 1. The number of para-hydroxylation sites is 1. The molecule has 1 N–H and O–H groups in total. The van der Waals surface area contributed by atoms with Crippen LogP contribution in [0.4, 0.5) is 0 Å². The highest BCUT2D eigenvalue weighted by Crippen LogP contribution is 2.39. The van der Waals surface area contributed by atoms with Crippen molar-refractivity contribution in [3.8, 4) is 0 Å². The molecule has 4 aromatic rings. The van der Waals surface area contributed by atoms with Crippen molar-refractivity contribution in [2.24, 2.45) is 0 Å². The van der Waals surface area contributed by atoms with Crippen molar-refractivity contribution >= 4 is 34.2 Å². The van der Waals surface area contributed by atoms with Gasteiger partial charge in [0.1, 0.15) is 0 Å². The lowest BCUT2D eigenvalue weighted by molar-refractivity contribution is -0.128. The standard InChI is InChI=1S/C25H19ClN2O2/c26-18-10-6-9-17(15-18)23-22-20(19-11-4-5-12-21(19)27-22)13-14-28(23)25(30)24(29)16-7-2-1-3-8-16/h1-12,15,23,27H,13-14H2/t23-/m1/s1. The van der Waals surface area contributed by atoms with Gasteiger partial charge in [-0.3, -0.25) is 9.59 Å². The van der Waals surface area contributed by atoms with E-state index in [0.29, 0.717) is 23.6 Å². The van der Waals surface area contributed by atoms with Crippen molar-refractivity contribution in [2.75, 3.05) is 6.54 Å². The number of carbonyl (C=O) groups is 2. The van der Waals surface area contributed by atoms with E-state index in [-0.39, 0.29) is 0 Å². The first-order valence-corrected chi connectivity index (χ1v) is 10.3. The molecule has 0 fully saturated rings. The number of aromatic amines is 1. The van der Waals surface area contributed by atoms with Crippen LogP contribution < -0.4 is 0 Å². The molecular formula is C25H19ClN2O2. The summed E-state index contributed by atoms with van der Waals surface area (Å²) in [7, 11) is 0. The summed E-state index contributed by atoms with van der Waals surface area (Å²) < 4.78 is 0. The van der Waals surface area contributed by atoms with Crippen LogP contribution in [0.25, 0.3) is 10.9 Å². The van der Waals surface area contributed by atoms with Crippen LogP contribution in [-0.4, -0.2) is 28.1 Å². The fourth-order valence-corrected chi connectivity index (χ4v) is 4.53. The summed E-state index contributed by atoms with van der Waals surface area (Å²) in [5.41, 5.74) is 4.43. The third kappa shape index (κ3) is 3.10. The van der Waals surface area contributed by atoms with Gasteiger partial charge in [-0.25, -0.2) is 0 Å². The van der Waals surface area contributed by atoms with E-state index in [1.54, 1.807) is 35.2 Å². The molecule has 0 saturated heterocycles. The highest BCUT2D eigenvalue weighted by Gasteiger charge is 2.37. The largest absolute Gasteiger partial charge is 0.356 e. The summed E-state index contributed by atoms with van der Waals surface area (Å²) in [6.45, 7) is 0.462. The second-order valence-corrected chi connectivity index (χ2v) is 7.90. The maximum atomic E-state index is 13.3. The molecule has 1 aromatic heterocycles. The van der Waals surface area contributed by atoms with Gasteiger partial charge >= 0.3 is 0 Å². The molecule has 1 atom stereocenters. The zero-order valence-corrected chi connectivity index (χ0v) is 16.9. The first kappa shape index (κ1) is 18.6. The number of nitrogens with one attached hydrogen (secondary N) is 1. The van der Waals surface area contributed by atoms with Gasteiger partial charge in [0.15, 0.2) is 0 Å². The first-order valence-electron chi connectivity index (χ1n) is 9.89. The predicted molar refractivity (Wildman–Crippen MR) is 118 cm³/mol. The number of amides is 1. The number of aromatic nitrogens is 1. The Bertz CT molecular complexity index is 1260. The summed E-state index contributed by atoms with van der Waals surface area (Å²) in [4.78, 5) is 31.4. The average Bonchev–Trinajstić information content (AvgIpc) is 3.16. The van der Waals surface area contributed by atoms with E-state index in [9.17, 15) is 9.59 Å². The molecule has 1 amide bonds. The van der Waals surface area contributed by atoms with Crippen molar-refractivity contribution in [2.45, 2.75) is 12.5 Å². The molecule has 0 unspecified atom stereocenters. The quantitative estimate of drug-likeness (QED) is 0.371. The third-order valence-corrected chi connectivity index (χ3v) is 5.93. The van der Waals surface area contributed by atoms with Gasteiger partial charge < -0.3 is 9.88 Å². The Labute approximate surface area is 179 Å². The van der Waals surface area contributed by atoms with Gasteiger partial charge in [-0.2, -0.15) is 0 Å². The van der Waals surface area contributed by atoms with E-state index >= 15 is 0 Å². The van der Waals surface area contributed by atoms with Gasteiger partial charge in [-0.1, -0.05) is 72.3 Å². The first-order chi connectivity index (χ1) is 14.6. The zero-order valence-electron chi connectivity index (χ0n) is 16.1. The molecule has 5 rings (SSSR count). The maximum absolute atomic E-state index is 13.3. The van der Waals surface area contributed by atoms with Crippen LogP contribution in [0.3, 0.4) is 0 Å². The van der Waals surface area contributed by atoms with E-state index in [2.05, 4.69) is 11.1 Å². The number of halogens is 1. The number of ketones is 1. The highest BCUT2D eigenvalue weighted by atomic mass is 35.5. The van der Waals surface area contributed by atoms with Crippen LogP contribution in [0.2, 0.25) is 5.02 Å². The zero-order chi connectivity index (χ0) is 20.7. The molecule has 4 nitrogen and oxygen atoms in total. The SMILES string of the molecule is O=C(C(=O)N1CCc2c([nH]c3ccccc23)[C@H]1c1cccc(Cl)c1)c1ccccc1. The van der Waals surface area contributed by atoms with Crippen molar-refractivity contribution in [3.63, 3.8) is 0 Å². The Hall–Kier alpha value is -3.37. The Morgan fingerprint density at radius 3 is 2.50 bits per heavy atom. The number of fused-ring (bicyclic) bond motifs is 3. The van der Waals surface area contributed by atoms with E-state index < -0.39 is 17.7 Å². The molecule has 1 aliphatic heterocycles. The molecule has 148 valence electrons. The van der Waals surface area contributed by atoms with Gasteiger partial charge in [0.2, 0.25) is 5.78 Å². The lowest BCUT2D eigenvalue weighted by Crippen LogP contribution is -2.44. The lowest BCUT2D eigenvalue weighted by atomic mass is 9.91. The molecule has 0 saturated carbocycles. The van der Waals surface area contributed by atoms with Crippen LogP contribution in [-0.2, 0) is 11.2 Å². The molecule has 1 aliphatic rings. The normalized spacial score (nSPS) is 15.8. The molecule has 0 bridgehead atoms. The van der Waals surface area contributed by atoms with E-state index in [0.717, 1.165) is 22.2 Å². The van der Waals surface area contributed by atoms with Gasteiger partial charge in [-0.05, 0) is 35.7 Å². The second kappa shape index (κ2) is 7.47. The molecule has 3 aromatic carbocycles. The van der Waals surface area contributed by atoms with Gasteiger partial charge in [0, 0.05) is 33.7 Å². The Morgan fingerprint density at radius 1 is 0.933 bits per heavy atom. The molecule has 5 heteroatoms. The monoisotopic (exact) mass is 414 g/mol. The van der Waals surface area contributed by atoms with Crippen LogP contribution in [0.1, 0.15) is 33.2 Å². The fourth-order valence-electron chi connectivity index (χ4n) is 4.33. The summed E-state index contributed by atoms with van der Waals surface area (Å²) in [6.07, 6.45) is 0.685. The minimum absolute atomic E-state index is 0.398. The summed E-state index contributed by atoms with van der Waals surface area (Å²) in [5, 5.41) is 1.75. The minimum Gasteiger partial charge on any atom is -0.356 e.